The van der Waals surface area contributed by atoms with E-state index < -0.39 is 11.7 Å². The number of para-hydroxylation sites is 1. The third kappa shape index (κ3) is 6.88. The van der Waals surface area contributed by atoms with Gasteiger partial charge in [-0.25, -0.2) is 4.39 Å². The van der Waals surface area contributed by atoms with Gasteiger partial charge >= 0.3 is 0 Å². The van der Waals surface area contributed by atoms with E-state index in [1.165, 1.54) is 24.3 Å². The third-order valence-corrected chi connectivity index (χ3v) is 5.59. The first-order chi connectivity index (χ1) is 17.4. The van der Waals surface area contributed by atoms with Crippen LogP contribution in [0, 0.1) is 17.1 Å². The van der Waals surface area contributed by atoms with Crippen molar-refractivity contribution >= 4 is 40.9 Å². The molecule has 0 aromatic heterocycles. The highest BCUT2D eigenvalue weighted by Gasteiger charge is 2.16. The van der Waals surface area contributed by atoms with Crippen LogP contribution in [0.1, 0.15) is 23.6 Å². The molecule has 3 aromatic rings. The Kier molecular flexibility index (Phi) is 9.52. The fourth-order valence-electron chi connectivity index (χ4n) is 3.36. The number of carbonyl (C=O) groups is 1. The fourth-order valence-corrected chi connectivity index (χ4v) is 3.82. The van der Waals surface area contributed by atoms with Crippen molar-refractivity contribution in [1.82, 2.24) is 0 Å². The summed E-state index contributed by atoms with van der Waals surface area (Å²) in [5.74, 6) is -0.407. The molecule has 1 amide bonds. The average molecular weight is 525 g/mol. The quantitative estimate of drug-likeness (QED) is 0.170. The molecule has 36 heavy (non-hydrogen) atoms. The summed E-state index contributed by atoms with van der Waals surface area (Å²) in [6.45, 7) is 6.17. The number of nitrogens with zero attached hydrogens (tertiary/aromatic N) is 1. The van der Waals surface area contributed by atoms with Gasteiger partial charge < -0.3 is 14.8 Å². The Balaban J connectivity index is 1.95. The monoisotopic (exact) mass is 524 g/mol. The van der Waals surface area contributed by atoms with Gasteiger partial charge in [0.15, 0.2) is 11.5 Å². The molecule has 1 N–H and O–H groups in total. The van der Waals surface area contributed by atoms with Crippen LogP contribution in [-0.2, 0) is 17.8 Å². The topological polar surface area (TPSA) is 71.4 Å². The second-order valence-electron chi connectivity index (χ2n) is 7.56. The van der Waals surface area contributed by atoms with Gasteiger partial charge in [-0.05, 0) is 61.4 Å². The van der Waals surface area contributed by atoms with Gasteiger partial charge in [0.25, 0.3) is 5.91 Å². The highest BCUT2D eigenvalue weighted by Crippen LogP contribution is 2.36. The Bertz CT molecular complexity index is 1350. The number of benzene rings is 3. The number of rotatable bonds is 10. The molecule has 8 heteroatoms. The van der Waals surface area contributed by atoms with Crippen LogP contribution in [0.2, 0.25) is 10.0 Å². The molecule has 0 bridgehead atoms. The van der Waals surface area contributed by atoms with E-state index in [1.54, 1.807) is 42.5 Å². The van der Waals surface area contributed by atoms with Crippen LogP contribution in [0.5, 0.6) is 11.5 Å². The summed E-state index contributed by atoms with van der Waals surface area (Å²) < 4.78 is 25.8. The van der Waals surface area contributed by atoms with E-state index in [4.69, 9.17) is 32.7 Å². The van der Waals surface area contributed by atoms with Crippen LogP contribution in [0.4, 0.5) is 10.1 Å². The number of allylic oxidation sites excluding steroid dienone is 1. The molecule has 0 fully saturated rings. The zero-order chi connectivity index (χ0) is 26.1. The molecule has 0 atom stereocenters. The average Bonchev–Trinajstić information content (AvgIpc) is 2.84. The first kappa shape index (κ1) is 26.8. The number of anilines is 1. The van der Waals surface area contributed by atoms with Gasteiger partial charge in [0.2, 0.25) is 0 Å². The lowest BCUT2D eigenvalue weighted by atomic mass is 10.0. The van der Waals surface area contributed by atoms with E-state index in [-0.39, 0.29) is 17.9 Å². The molecule has 0 aliphatic heterocycles. The number of hydrogen-bond acceptors (Lipinski definition) is 4. The number of carbonyl (C=O) groups excluding carboxylic acids is 1. The summed E-state index contributed by atoms with van der Waals surface area (Å²) in [7, 11) is 0. The first-order valence-electron chi connectivity index (χ1n) is 11.0. The zero-order valence-corrected chi connectivity index (χ0v) is 21.0. The number of hydrogen-bond donors (Lipinski definition) is 1. The minimum Gasteiger partial charge on any atom is -0.490 e. The molecule has 0 unspecified atom stereocenters. The van der Waals surface area contributed by atoms with E-state index in [2.05, 4.69) is 11.9 Å². The molecule has 0 aliphatic carbocycles. The summed E-state index contributed by atoms with van der Waals surface area (Å²) in [5, 5.41) is 13.0. The summed E-state index contributed by atoms with van der Waals surface area (Å²) >= 11 is 12.3. The molecule has 3 rings (SSSR count). The molecule has 0 spiro atoms. The van der Waals surface area contributed by atoms with E-state index >= 15 is 0 Å². The van der Waals surface area contributed by atoms with Crippen molar-refractivity contribution in [3.8, 4) is 17.6 Å². The van der Waals surface area contributed by atoms with Crippen LogP contribution in [0.25, 0.3) is 6.08 Å². The molecule has 0 radical (unpaired) electrons. The zero-order valence-electron chi connectivity index (χ0n) is 19.5. The Morgan fingerprint density at radius 1 is 1.14 bits per heavy atom. The second kappa shape index (κ2) is 12.8. The van der Waals surface area contributed by atoms with Gasteiger partial charge in [-0.2, -0.15) is 5.26 Å². The molecular formula is C28H23Cl2FN2O3. The van der Waals surface area contributed by atoms with Gasteiger partial charge in [0, 0.05) is 21.2 Å². The molecule has 184 valence electrons. The maximum Gasteiger partial charge on any atom is 0.266 e. The predicted molar refractivity (Wildman–Crippen MR) is 141 cm³/mol. The van der Waals surface area contributed by atoms with Crippen LogP contribution >= 0.6 is 23.2 Å². The van der Waals surface area contributed by atoms with Crippen molar-refractivity contribution in [2.75, 3.05) is 11.9 Å². The van der Waals surface area contributed by atoms with Crippen molar-refractivity contribution in [2.45, 2.75) is 20.0 Å². The molecule has 0 aliphatic rings. The lowest BCUT2D eigenvalue weighted by Crippen LogP contribution is -2.14. The lowest BCUT2D eigenvalue weighted by molar-refractivity contribution is -0.112. The molecule has 0 saturated carbocycles. The maximum absolute atomic E-state index is 13.9. The van der Waals surface area contributed by atoms with E-state index in [9.17, 15) is 14.4 Å². The molecule has 3 aromatic carbocycles. The number of nitriles is 1. The minimum atomic E-state index is -0.733. The van der Waals surface area contributed by atoms with Gasteiger partial charge in [-0.1, -0.05) is 47.5 Å². The van der Waals surface area contributed by atoms with Crippen LogP contribution < -0.4 is 14.8 Å². The highest BCUT2D eigenvalue weighted by atomic mass is 35.5. The van der Waals surface area contributed by atoms with Crippen molar-refractivity contribution in [1.29, 1.82) is 5.26 Å². The summed E-state index contributed by atoms with van der Waals surface area (Å²) in [6, 6.07) is 16.2. The first-order valence-corrected chi connectivity index (χ1v) is 11.8. The predicted octanol–water partition coefficient (Wildman–Crippen LogP) is 7.38. The van der Waals surface area contributed by atoms with Crippen molar-refractivity contribution in [3.05, 3.63) is 105 Å². The van der Waals surface area contributed by atoms with Crippen LogP contribution in [0.15, 0.2) is 72.8 Å². The van der Waals surface area contributed by atoms with Gasteiger partial charge in [-0.15, -0.1) is 6.58 Å². The number of amides is 1. The van der Waals surface area contributed by atoms with Gasteiger partial charge in [-0.3, -0.25) is 4.79 Å². The Morgan fingerprint density at radius 2 is 1.92 bits per heavy atom. The third-order valence-electron chi connectivity index (χ3n) is 5.00. The Morgan fingerprint density at radius 3 is 2.58 bits per heavy atom. The lowest BCUT2D eigenvalue weighted by Gasteiger charge is -2.17. The summed E-state index contributed by atoms with van der Waals surface area (Å²) in [4.78, 5) is 12.6. The molecular weight excluding hydrogens is 502 g/mol. The van der Waals surface area contributed by atoms with Gasteiger partial charge in [0.05, 0.1) is 12.3 Å². The normalized spacial score (nSPS) is 10.9. The SMILES string of the molecule is C=CCc1cc(/C=C(/C#N)C(=O)Nc2ccccc2F)cc(OCC)c1OCc1ccc(Cl)cc1Cl. The molecule has 0 saturated heterocycles. The van der Waals surface area contributed by atoms with E-state index in [0.29, 0.717) is 40.1 Å². The fraction of sp³-hybridized carbons (Fsp3) is 0.143. The summed E-state index contributed by atoms with van der Waals surface area (Å²) in [5.41, 5.74) is 1.79. The van der Waals surface area contributed by atoms with E-state index in [0.717, 1.165) is 11.1 Å². The van der Waals surface area contributed by atoms with Crippen LogP contribution in [0.3, 0.4) is 0 Å². The number of ether oxygens (including phenoxy) is 2. The highest BCUT2D eigenvalue weighted by molar-refractivity contribution is 6.35. The van der Waals surface area contributed by atoms with Crippen molar-refractivity contribution in [3.63, 3.8) is 0 Å². The largest absolute Gasteiger partial charge is 0.490 e. The Labute approximate surface area is 219 Å². The molecule has 0 heterocycles. The molecule has 5 nitrogen and oxygen atoms in total. The van der Waals surface area contributed by atoms with Gasteiger partial charge in [0.1, 0.15) is 24.1 Å². The van der Waals surface area contributed by atoms with Crippen molar-refractivity contribution in [2.24, 2.45) is 0 Å². The standard InChI is InChI=1S/C28H23Cl2FN2O3/c1-3-7-19-12-18(13-21(16-32)28(34)33-25-9-6-5-8-24(25)31)14-26(35-4-2)27(19)36-17-20-10-11-22(29)15-23(20)30/h3,5-6,8-15H,1,4,7,17H2,2H3,(H,33,34)/b21-13-. The minimum absolute atomic E-state index is 0.0180. The van der Waals surface area contributed by atoms with E-state index in [1.807, 2.05) is 13.0 Å². The second-order valence-corrected chi connectivity index (χ2v) is 8.40. The maximum atomic E-state index is 13.9. The van der Waals surface area contributed by atoms with Crippen molar-refractivity contribution < 1.29 is 18.7 Å². The number of halogens is 3. The number of nitrogens with one attached hydrogen (secondary N) is 1. The smallest absolute Gasteiger partial charge is 0.266 e. The summed E-state index contributed by atoms with van der Waals surface area (Å²) in [6.07, 6.45) is 3.55. The Hall–Kier alpha value is -3.79. The van der Waals surface area contributed by atoms with Crippen LogP contribution in [-0.4, -0.2) is 12.5 Å².